The molecule has 0 heterocycles. The molecule has 0 aromatic heterocycles. The van der Waals surface area contributed by atoms with Crippen LogP contribution in [0.4, 0.5) is 13.2 Å². The minimum Gasteiger partial charge on any atom is -0.494 e. The van der Waals surface area contributed by atoms with Gasteiger partial charge in [-0.15, -0.1) is 0 Å². The molecule has 1 aromatic rings. The maximum atomic E-state index is 12.1. The van der Waals surface area contributed by atoms with Gasteiger partial charge in [-0.1, -0.05) is 12.1 Å². The zero-order valence-electron chi connectivity index (χ0n) is 8.92. The van der Waals surface area contributed by atoms with E-state index in [0.717, 1.165) is 0 Å². The average Bonchev–Trinajstić information content (AvgIpc) is 2.16. The van der Waals surface area contributed by atoms with E-state index in [9.17, 15) is 13.2 Å². The lowest BCUT2D eigenvalue weighted by Gasteiger charge is -2.14. The molecule has 0 amide bonds. The summed E-state index contributed by atoms with van der Waals surface area (Å²) < 4.78 is 41.4. The molecule has 0 bridgehead atoms. The van der Waals surface area contributed by atoms with Gasteiger partial charge in [0.25, 0.3) is 0 Å². The van der Waals surface area contributed by atoms with E-state index in [0.29, 0.717) is 17.9 Å². The van der Waals surface area contributed by atoms with Gasteiger partial charge in [-0.3, -0.25) is 0 Å². The summed E-state index contributed by atoms with van der Waals surface area (Å²) in [5.74, 6) is 0.630. The molecule has 0 spiro atoms. The Kier molecular flexibility index (Phi) is 4.18. The zero-order chi connectivity index (χ0) is 12.2. The molecule has 1 unspecified atom stereocenters. The highest BCUT2D eigenvalue weighted by Gasteiger charge is 2.30. The van der Waals surface area contributed by atoms with E-state index in [4.69, 9.17) is 10.5 Å². The zero-order valence-corrected chi connectivity index (χ0v) is 8.92. The van der Waals surface area contributed by atoms with Crippen LogP contribution in [-0.4, -0.2) is 12.8 Å². The Balaban J connectivity index is 2.66. The molecule has 0 aliphatic rings. The van der Waals surface area contributed by atoms with Gasteiger partial charge in [0, 0.05) is 6.04 Å². The molecular formula is C11H14F3NO. The van der Waals surface area contributed by atoms with Crippen molar-refractivity contribution in [3.63, 3.8) is 0 Å². The maximum absolute atomic E-state index is 12.1. The molecule has 5 heteroatoms. The van der Waals surface area contributed by atoms with Crippen LogP contribution in [0, 0.1) is 0 Å². The first kappa shape index (κ1) is 12.8. The summed E-state index contributed by atoms with van der Waals surface area (Å²) in [5.41, 5.74) is 5.90. The van der Waals surface area contributed by atoms with Crippen molar-refractivity contribution in [3.05, 3.63) is 29.8 Å². The fraction of sp³-hybridized carbons (Fsp3) is 0.455. The molecule has 0 saturated heterocycles. The summed E-state index contributed by atoms with van der Waals surface area (Å²) in [6.07, 6.45) is -5.25. The second-order valence-electron chi connectivity index (χ2n) is 3.43. The first-order chi connectivity index (χ1) is 7.42. The van der Waals surface area contributed by atoms with Gasteiger partial charge in [0.05, 0.1) is 13.0 Å². The molecule has 1 aromatic carbocycles. The molecule has 0 saturated carbocycles. The topological polar surface area (TPSA) is 35.2 Å². The quantitative estimate of drug-likeness (QED) is 0.867. The Hall–Kier alpha value is -1.23. The van der Waals surface area contributed by atoms with Crippen molar-refractivity contribution in [1.82, 2.24) is 0 Å². The molecule has 0 aliphatic carbocycles. The van der Waals surface area contributed by atoms with E-state index < -0.39 is 18.6 Å². The van der Waals surface area contributed by atoms with Crippen molar-refractivity contribution in [3.8, 4) is 5.75 Å². The Morgan fingerprint density at radius 2 is 1.81 bits per heavy atom. The lowest BCUT2D eigenvalue weighted by atomic mass is 10.0. The smallest absolute Gasteiger partial charge is 0.390 e. The van der Waals surface area contributed by atoms with Gasteiger partial charge < -0.3 is 10.5 Å². The van der Waals surface area contributed by atoms with Crippen LogP contribution in [0.1, 0.15) is 24.9 Å². The SMILES string of the molecule is CCOc1ccc(C(N)CC(F)(F)F)cc1. The van der Waals surface area contributed by atoms with Crippen molar-refractivity contribution in [2.24, 2.45) is 5.73 Å². The van der Waals surface area contributed by atoms with Gasteiger partial charge in [0.1, 0.15) is 5.75 Å². The van der Waals surface area contributed by atoms with Crippen molar-refractivity contribution < 1.29 is 17.9 Å². The fourth-order valence-corrected chi connectivity index (χ4v) is 1.35. The third kappa shape index (κ3) is 4.10. The molecule has 90 valence electrons. The Morgan fingerprint density at radius 3 is 2.25 bits per heavy atom. The van der Waals surface area contributed by atoms with E-state index in [2.05, 4.69) is 0 Å². The molecule has 1 atom stereocenters. The molecule has 2 N–H and O–H groups in total. The molecular weight excluding hydrogens is 219 g/mol. The minimum atomic E-state index is -4.24. The average molecular weight is 233 g/mol. The summed E-state index contributed by atoms with van der Waals surface area (Å²) >= 11 is 0. The number of ether oxygens (including phenoxy) is 1. The summed E-state index contributed by atoms with van der Waals surface area (Å²) in [6.45, 7) is 2.36. The van der Waals surface area contributed by atoms with E-state index in [1.807, 2.05) is 6.92 Å². The predicted octanol–water partition coefficient (Wildman–Crippen LogP) is 3.04. The molecule has 0 radical (unpaired) electrons. The van der Waals surface area contributed by atoms with Gasteiger partial charge in [-0.25, -0.2) is 0 Å². The largest absolute Gasteiger partial charge is 0.494 e. The number of halogens is 3. The minimum absolute atomic E-state index is 0.459. The van der Waals surface area contributed by atoms with Crippen LogP contribution < -0.4 is 10.5 Å². The number of hydrogen-bond donors (Lipinski definition) is 1. The Bertz CT molecular complexity index is 321. The van der Waals surface area contributed by atoms with Gasteiger partial charge in [-0.2, -0.15) is 13.2 Å². The Labute approximate surface area is 92.2 Å². The van der Waals surface area contributed by atoms with Gasteiger partial charge in [0.15, 0.2) is 0 Å². The van der Waals surface area contributed by atoms with E-state index in [1.54, 1.807) is 24.3 Å². The lowest BCUT2D eigenvalue weighted by Crippen LogP contribution is -2.20. The third-order valence-electron chi connectivity index (χ3n) is 2.07. The molecule has 1 rings (SSSR count). The van der Waals surface area contributed by atoms with Crippen molar-refractivity contribution >= 4 is 0 Å². The second kappa shape index (κ2) is 5.21. The first-order valence-corrected chi connectivity index (χ1v) is 4.97. The summed E-state index contributed by atoms with van der Waals surface area (Å²) in [5, 5.41) is 0. The normalized spacial score (nSPS) is 13.6. The molecule has 0 fully saturated rings. The maximum Gasteiger partial charge on any atom is 0.390 e. The predicted molar refractivity (Wildman–Crippen MR) is 55.2 cm³/mol. The monoisotopic (exact) mass is 233 g/mol. The molecule has 2 nitrogen and oxygen atoms in total. The van der Waals surface area contributed by atoms with E-state index in [1.165, 1.54) is 0 Å². The standard InChI is InChI=1S/C11H14F3NO/c1-2-16-9-5-3-8(4-6-9)10(15)7-11(12,13)14/h3-6,10H,2,7,15H2,1H3. The van der Waals surface area contributed by atoms with Gasteiger partial charge in [-0.05, 0) is 24.6 Å². The molecule has 0 aliphatic heterocycles. The number of rotatable bonds is 4. The number of alkyl halides is 3. The first-order valence-electron chi connectivity index (χ1n) is 4.97. The van der Waals surface area contributed by atoms with Crippen LogP contribution >= 0.6 is 0 Å². The van der Waals surface area contributed by atoms with Crippen molar-refractivity contribution in [2.45, 2.75) is 25.6 Å². The van der Waals surface area contributed by atoms with E-state index >= 15 is 0 Å². The van der Waals surface area contributed by atoms with Gasteiger partial charge >= 0.3 is 6.18 Å². The highest BCUT2D eigenvalue weighted by atomic mass is 19.4. The van der Waals surface area contributed by atoms with Crippen LogP contribution in [0.5, 0.6) is 5.75 Å². The van der Waals surface area contributed by atoms with Crippen LogP contribution in [0.2, 0.25) is 0 Å². The van der Waals surface area contributed by atoms with Crippen LogP contribution in [0.15, 0.2) is 24.3 Å². The number of benzene rings is 1. The van der Waals surface area contributed by atoms with Crippen molar-refractivity contribution in [1.29, 1.82) is 0 Å². The second-order valence-corrected chi connectivity index (χ2v) is 3.43. The number of hydrogen-bond acceptors (Lipinski definition) is 2. The molecule has 16 heavy (non-hydrogen) atoms. The van der Waals surface area contributed by atoms with Crippen LogP contribution in [-0.2, 0) is 0 Å². The summed E-state index contributed by atoms with van der Waals surface area (Å²) in [6, 6.07) is 5.34. The van der Waals surface area contributed by atoms with Crippen LogP contribution in [0.3, 0.4) is 0 Å². The van der Waals surface area contributed by atoms with Gasteiger partial charge in [0.2, 0.25) is 0 Å². The lowest BCUT2D eigenvalue weighted by molar-refractivity contribution is -0.138. The number of nitrogens with two attached hydrogens (primary N) is 1. The summed E-state index contributed by atoms with van der Waals surface area (Å²) in [7, 11) is 0. The Morgan fingerprint density at radius 1 is 1.25 bits per heavy atom. The fourth-order valence-electron chi connectivity index (χ4n) is 1.35. The van der Waals surface area contributed by atoms with Crippen LogP contribution in [0.25, 0.3) is 0 Å². The summed E-state index contributed by atoms with van der Waals surface area (Å²) in [4.78, 5) is 0. The van der Waals surface area contributed by atoms with Crippen molar-refractivity contribution in [2.75, 3.05) is 6.61 Å². The highest BCUT2D eigenvalue weighted by molar-refractivity contribution is 5.29. The highest BCUT2D eigenvalue weighted by Crippen LogP contribution is 2.28. The third-order valence-corrected chi connectivity index (χ3v) is 2.07. The van der Waals surface area contributed by atoms with E-state index in [-0.39, 0.29) is 0 Å².